The maximum Gasteiger partial charge on any atom is 0.264 e. The van der Waals surface area contributed by atoms with Crippen LogP contribution in [0.15, 0.2) is 18.2 Å². The Morgan fingerprint density at radius 2 is 2.00 bits per heavy atom. The van der Waals surface area contributed by atoms with Crippen LogP contribution in [0.5, 0.6) is 0 Å². The van der Waals surface area contributed by atoms with Crippen molar-refractivity contribution < 1.29 is 18.3 Å². The third-order valence-electron chi connectivity index (χ3n) is 1.73. The lowest BCUT2D eigenvalue weighted by Gasteiger charge is -2.09. The highest BCUT2D eigenvalue weighted by molar-refractivity contribution is 6.30. The quantitative estimate of drug-likeness (QED) is 0.837. The highest BCUT2D eigenvalue weighted by Gasteiger charge is 2.18. The van der Waals surface area contributed by atoms with Gasteiger partial charge in [-0.15, -0.1) is 0 Å². The molecule has 0 aliphatic carbocycles. The van der Waals surface area contributed by atoms with Gasteiger partial charge < -0.3 is 5.11 Å². The van der Waals surface area contributed by atoms with Gasteiger partial charge in [-0.25, -0.2) is 13.2 Å². The standard InChI is InChI=1S/C9H8ClF3O/c10-6-1-2-7(11)5(3-6)4-8(14)9(12)13/h1-3,8-9,14H,4H2. The van der Waals surface area contributed by atoms with Crippen molar-refractivity contribution in [3.8, 4) is 0 Å². The van der Waals surface area contributed by atoms with E-state index in [1.807, 2.05) is 0 Å². The van der Waals surface area contributed by atoms with Gasteiger partial charge in [0.25, 0.3) is 6.43 Å². The molecule has 0 spiro atoms. The highest BCUT2D eigenvalue weighted by atomic mass is 35.5. The molecule has 0 aliphatic heterocycles. The molecule has 1 nitrogen and oxygen atoms in total. The van der Waals surface area contributed by atoms with Crippen molar-refractivity contribution in [2.45, 2.75) is 19.0 Å². The Morgan fingerprint density at radius 1 is 1.36 bits per heavy atom. The van der Waals surface area contributed by atoms with E-state index in [-0.39, 0.29) is 10.6 Å². The summed E-state index contributed by atoms with van der Waals surface area (Å²) in [6.45, 7) is 0. The van der Waals surface area contributed by atoms with Crippen LogP contribution in [0.1, 0.15) is 5.56 Å². The molecule has 1 aromatic carbocycles. The van der Waals surface area contributed by atoms with E-state index in [1.54, 1.807) is 0 Å². The topological polar surface area (TPSA) is 20.2 Å². The molecule has 0 radical (unpaired) electrons. The van der Waals surface area contributed by atoms with Crippen LogP contribution in [-0.4, -0.2) is 17.6 Å². The largest absolute Gasteiger partial charge is 0.387 e. The average molecular weight is 225 g/mol. The van der Waals surface area contributed by atoms with Crippen molar-refractivity contribution in [1.29, 1.82) is 0 Å². The minimum Gasteiger partial charge on any atom is -0.387 e. The predicted octanol–water partition coefficient (Wildman–Crippen LogP) is 2.65. The Balaban J connectivity index is 2.80. The minimum absolute atomic E-state index is 0.00898. The van der Waals surface area contributed by atoms with Gasteiger partial charge in [-0.2, -0.15) is 0 Å². The molecule has 5 heteroatoms. The van der Waals surface area contributed by atoms with E-state index in [0.29, 0.717) is 0 Å². The van der Waals surface area contributed by atoms with Gasteiger partial charge in [0, 0.05) is 11.4 Å². The molecule has 1 aromatic rings. The molecule has 0 aliphatic rings. The number of halogens is 4. The van der Waals surface area contributed by atoms with Crippen molar-refractivity contribution in [2.24, 2.45) is 0 Å². The van der Waals surface area contributed by atoms with E-state index < -0.39 is 24.8 Å². The summed E-state index contributed by atoms with van der Waals surface area (Å²) < 4.78 is 36.9. The van der Waals surface area contributed by atoms with Crippen molar-refractivity contribution in [2.75, 3.05) is 0 Å². The molecule has 0 fully saturated rings. The molecule has 0 saturated carbocycles. The maximum atomic E-state index is 13.0. The van der Waals surface area contributed by atoms with Crippen LogP contribution in [0.3, 0.4) is 0 Å². The molecule has 1 atom stereocenters. The Labute approximate surface area is 84.1 Å². The molecule has 0 aromatic heterocycles. The lowest BCUT2D eigenvalue weighted by Crippen LogP contribution is -2.20. The van der Waals surface area contributed by atoms with Gasteiger partial charge in [0.15, 0.2) is 0 Å². The highest BCUT2D eigenvalue weighted by Crippen LogP contribution is 2.18. The molecule has 78 valence electrons. The number of hydrogen-bond acceptors (Lipinski definition) is 1. The molecule has 0 bridgehead atoms. The second kappa shape index (κ2) is 4.66. The van der Waals surface area contributed by atoms with E-state index in [0.717, 1.165) is 6.07 Å². The molecule has 1 N–H and O–H groups in total. The Bertz CT molecular complexity index is 317. The van der Waals surface area contributed by atoms with Crippen LogP contribution in [0.25, 0.3) is 0 Å². The van der Waals surface area contributed by atoms with Crippen LogP contribution in [0.2, 0.25) is 5.02 Å². The Kier molecular flexibility index (Phi) is 3.77. The second-order valence-electron chi connectivity index (χ2n) is 2.84. The van der Waals surface area contributed by atoms with Gasteiger partial charge in [-0.05, 0) is 23.8 Å². The number of alkyl halides is 2. The van der Waals surface area contributed by atoms with Crippen LogP contribution in [0.4, 0.5) is 13.2 Å². The molecule has 0 saturated heterocycles. The number of rotatable bonds is 3. The number of benzene rings is 1. The molecule has 0 amide bonds. The first kappa shape index (κ1) is 11.3. The van der Waals surface area contributed by atoms with Gasteiger partial charge in [-0.1, -0.05) is 11.6 Å². The Morgan fingerprint density at radius 3 is 2.57 bits per heavy atom. The second-order valence-corrected chi connectivity index (χ2v) is 3.28. The fourth-order valence-electron chi connectivity index (χ4n) is 1.01. The normalized spacial score (nSPS) is 13.3. The fourth-order valence-corrected chi connectivity index (χ4v) is 1.21. The first-order valence-corrected chi connectivity index (χ1v) is 4.28. The summed E-state index contributed by atoms with van der Waals surface area (Å²) in [5, 5.41) is 9.09. The summed E-state index contributed by atoms with van der Waals surface area (Å²) in [6, 6.07) is 3.62. The predicted molar refractivity (Wildman–Crippen MR) is 47.1 cm³/mol. The minimum atomic E-state index is -2.88. The van der Waals surface area contributed by atoms with Gasteiger partial charge in [0.05, 0.1) is 0 Å². The zero-order valence-electron chi connectivity index (χ0n) is 7.05. The molecule has 1 rings (SSSR count). The first-order chi connectivity index (χ1) is 6.50. The van der Waals surface area contributed by atoms with E-state index in [9.17, 15) is 13.2 Å². The molecule has 1 unspecified atom stereocenters. The number of aliphatic hydroxyl groups is 1. The molecular weight excluding hydrogens is 217 g/mol. The van der Waals surface area contributed by atoms with Crippen molar-refractivity contribution in [3.05, 3.63) is 34.6 Å². The van der Waals surface area contributed by atoms with Crippen molar-refractivity contribution >= 4 is 11.6 Å². The summed E-state index contributed by atoms with van der Waals surface area (Å²) in [5.41, 5.74) is -0.00898. The van der Waals surface area contributed by atoms with E-state index in [4.69, 9.17) is 16.7 Å². The summed E-state index contributed by atoms with van der Waals surface area (Å²) in [6.07, 6.45) is -5.18. The first-order valence-electron chi connectivity index (χ1n) is 3.91. The molecule has 0 heterocycles. The van der Waals surface area contributed by atoms with E-state index in [1.165, 1.54) is 12.1 Å². The van der Waals surface area contributed by atoms with Crippen LogP contribution < -0.4 is 0 Å². The Hall–Kier alpha value is -0.740. The average Bonchev–Trinajstić information content (AvgIpc) is 2.11. The smallest absolute Gasteiger partial charge is 0.264 e. The number of hydrogen-bond donors (Lipinski definition) is 1. The molecule has 14 heavy (non-hydrogen) atoms. The monoisotopic (exact) mass is 224 g/mol. The molecular formula is C9H8ClF3O. The summed E-state index contributed by atoms with van der Waals surface area (Å²) >= 11 is 5.54. The third kappa shape index (κ3) is 2.89. The summed E-state index contributed by atoms with van der Waals surface area (Å²) in [5.74, 6) is -0.644. The number of aliphatic hydroxyl groups excluding tert-OH is 1. The van der Waals surface area contributed by atoms with Crippen LogP contribution in [-0.2, 0) is 6.42 Å². The lowest BCUT2D eigenvalue weighted by molar-refractivity contribution is -0.00405. The SMILES string of the molecule is OC(Cc1cc(Cl)ccc1F)C(F)F. The fraction of sp³-hybridized carbons (Fsp3) is 0.333. The zero-order chi connectivity index (χ0) is 10.7. The third-order valence-corrected chi connectivity index (χ3v) is 1.96. The van der Waals surface area contributed by atoms with Gasteiger partial charge >= 0.3 is 0 Å². The van der Waals surface area contributed by atoms with Gasteiger partial charge in [0.1, 0.15) is 11.9 Å². The lowest BCUT2D eigenvalue weighted by atomic mass is 10.1. The summed E-state index contributed by atoms with van der Waals surface area (Å²) in [4.78, 5) is 0. The zero-order valence-corrected chi connectivity index (χ0v) is 7.81. The maximum absolute atomic E-state index is 13.0. The van der Waals surface area contributed by atoms with Crippen molar-refractivity contribution in [1.82, 2.24) is 0 Å². The van der Waals surface area contributed by atoms with Crippen LogP contribution >= 0.6 is 11.6 Å². The van der Waals surface area contributed by atoms with Gasteiger partial charge in [-0.3, -0.25) is 0 Å². The van der Waals surface area contributed by atoms with E-state index >= 15 is 0 Å². The van der Waals surface area contributed by atoms with Gasteiger partial charge in [0.2, 0.25) is 0 Å². The van der Waals surface area contributed by atoms with E-state index in [2.05, 4.69) is 0 Å². The van der Waals surface area contributed by atoms with Crippen LogP contribution in [0, 0.1) is 5.82 Å². The van der Waals surface area contributed by atoms with Crippen molar-refractivity contribution in [3.63, 3.8) is 0 Å². The summed E-state index contributed by atoms with van der Waals surface area (Å²) in [7, 11) is 0.